The number of carboxylic acid groups (broad SMARTS) is 1. The van der Waals surface area contributed by atoms with Crippen molar-refractivity contribution in [2.75, 3.05) is 6.61 Å². The van der Waals surface area contributed by atoms with Gasteiger partial charge in [-0.25, -0.2) is 0 Å². The highest BCUT2D eigenvalue weighted by atomic mass is 32.1. The van der Waals surface area contributed by atoms with E-state index in [1.165, 1.54) is 4.68 Å². The maximum atomic E-state index is 11.3. The summed E-state index contributed by atoms with van der Waals surface area (Å²) in [6.45, 7) is 1.05. The molecule has 0 saturated heterocycles. The molecule has 0 bridgehead atoms. The molecule has 2 rings (SSSR count). The molecule has 8 heteroatoms. The van der Waals surface area contributed by atoms with E-state index in [-0.39, 0.29) is 6.61 Å². The van der Waals surface area contributed by atoms with Gasteiger partial charge >= 0.3 is 5.97 Å². The normalized spacial score (nSPS) is 12.4. The Kier molecular flexibility index (Phi) is 5.22. The van der Waals surface area contributed by atoms with Crippen molar-refractivity contribution in [3.8, 4) is 0 Å². The second-order valence-corrected chi connectivity index (χ2v) is 5.25. The smallest absolute Gasteiger partial charge is 0.327 e. The van der Waals surface area contributed by atoms with Gasteiger partial charge in [-0.05, 0) is 17.9 Å². The molecule has 0 spiro atoms. The molecule has 2 aromatic heterocycles. The van der Waals surface area contributed by atoms with E-state index in [4.69, 9.17) is 5.11 Å². The summed E-state index contributed by atoms with van der Waals surface area (Å²) in [6.07, 6.45) is 2.15. The Balaban J connectivity index is 2.00. The van der Waals surface area contributed by atoms with Crippen LogP contribution in [0.2, 0.25) is 0 Å². The highest BCUT2D eigenvalue weighted by molar-refractivity contribution is 7.09. The molecule has 2 heterocycles. The molecule has 2 aromatic rings. The van der Waals surface area contributed by atoms with Crippen molar-refractivity contribution in [1.82, 2.24) is 20.3 Å². The predicted octanol–water partition coefficient (Wildman–Crippen LogP) is 0.637. The highest BCUT2D eigenvalue weighted by Gasteiger charge is 2.22. The zero-order chi connectivity index (χ0) is 14.4. The molecule has 0 radical (unpaired) electrons. The zero-order valence-electron chi connectivity index (χ0n) is 10.8. The predicted molar refractivity (Wildman–Crippen MR) is 73.3 cm³/mol. The van der Waals surface area contributed by atoms with Gasteiger partial charge in [-0.2, -0.15) is 0 Å². The molecule has 108 valence electrons. The van der Waals surface area contributed by atoms with Crippen LogP contribution in [0.15, 0.2) is 23.7 Å². The SMILES string of the molecule is O=C(O)C(NCc1cccs1)c1cn(CCCO)nn1. The Labute approximate surface area is 119 Å². The third kappa shape index (κ3) is 3.86. The first-order valence-corrected chi connectivity index (χ1v) is 7.08. The maximum Gasteiger partial charge on any atom is 0.327 e. The molecule has 0 aliphatic rings. The van der Waals surface area contributed by atoms with Crippen LogP contribution in [-0.2, 0) is 17.9 Å². The number of hydrogen-bond acceptors (Lipinski definition) is 6. The Morgan fingerprint density at radius 2 is 2.40 bits per heavy atom. The number of aliphatic carboxylic acids is 1. The fraction of sp³-hybridized carbons (Fsp3) is 0.417. The van der Waals surface area contributed by atoms with Gasteiger partial charge in [0.25, 0.3) is 0 Å². The molecule has 1 atom stereocenters. The number of rotatable bonds is 8. The quantitative estimate of drug-likeness (QED) is 0.661. The summed E-state index contributed by atoms with van der Waals surface area (Å²) in [7, 11) is 0. The largest absolute Gasteiger partial charge is 0.480 e. The Morgan fingerprint density at radius 3 is 3.05 bits per heavy atom. The number of nitrogens with zero attached hydrogens (tertiary/aromatic N) is 3. The molecule has 20 heavy (non-hydrogen) atoms. The van der Waals surface area contributed by atoms with Gasteiger partial charge in [0.2, 0.25) is 0 Å². The first-order chi connectivity index (χ1) is 9.70. The highest BCUT2D eigenvalue weighted by Crippen LogP contribution is 2.13. The number of carboxylic acids is 1. The molecule has 7 nitrogen and oxygen atoms in total. The lowest BCUT2D eigenvalue weighted by Crippen LogP contribution is -2.28. The van der Waals surface area contributed by atoms with Crippen LogP contribution in [0.4, 0.5) is 0 Å². The third-order valence-corrected chi connectivity index (χ3v) is 3.58. The first-order valence-electron chi connectivity index (χ1n) is 6.20. The van der Waals surface area contributed by atoms with Gasteiger partial charge in [-0.3, -0.25) is 14.8 Å². The van der Waals surface area contributed by atoms with Crippen LogP contribution in [0.1, 0.15) is 23.0 Å². The Hall–Kier alpha value is -1.77. The van der Waals surface area contributed by atoms with E-state index in [0.29, 0.717) is 25.2 Å². The second-order valence-electron chi connectivity index (χ2n) is 4.22. The van der Waals surface area contributed by atoms with Crippen molar-refractivity contribution in [2.45, 2.75) is 25.6 Å². The van der Waals surface area contributed by atoms with Gasteiger partial charge in [0.05, 0.1) is 6.20 Å². The van der Waals surface area contributed by atoms with Crippen LogP contribution in [0.25, 0.3) is 0 Å². The number of nitrogens with one attached hydrogen (secondary N) is 1. The van der Waals surface area contributed by atoms with Crippen molar-refractivity contribution in [3.05, 3.63) is 34.3 Å². The van der Waals surface area contributed by atoms with Crippen LogP contribution in [0.3, 0.4) is 0 Å². The molecule has 0 aromatic carbocycles. The topological polar surface area (TPSA) is 100 Å². The summed E-state index contributed by atoms with van der Waals surface area (Å²) in [5, 5.41) is 30.7. The first kappa shape index (κ1) is 14.6. The van der Waals surface area contributed by atoms with Crippen LogP contribution in [0.5, 0.6) is 0 Å². The molecule has 0 aliphatic heterocycles. The average molecular weight is 296 g/mol. The lowest BCUT2D eigenvalue weighted by atomic mass is 10.2. The summed E-state index contributed by atoms with van der Waals surface area (Å²) in [4.78, 5) is 12.4. The number of hydrogen-bond donors (Lipinski definition) is 3. The molecule has 1 unspecified atom stereocenters. The number of aliphatic hydroxyl groups excluding tert-OH is 1. The van der Waals surface area contributed by atoms with Crippen molar-refractivity contribution >= 4 is 17.3 Å². The average Bonchev–Trinajstić information content (AvgIpc) is 3.07. The molecule has 0 aliphatic carbocycles. The van der Waals surface area contributed by atoms with Gasteiger partial charge in [-0.1, -0.05) is 11.3 Å². The van der Waals surface area contributed by atoms with Crippen LogP contribution in [0, 0.1) is 0 Å². The maximum absolute atomic E-state index is 11.3. The summed E-state index contributed by atoms with van der Waals surface area (Å²) >= 11 is 1.56. The van der Waals surface area contributed by atoms with E-state index in [2.05, 4.69) is 15.6 Å². The van der Waals surface area contributed by atoms with Crippen molar-refractivity contribution in [1.29, 1.82) is 0 Å². The van der Waals surface area contributed by atoms with Crippen LogP contribution in [-0.4, -0.2) is 37.8 Å². The molecule has 3 N–H and O–H groups in total. The summed E-state index contributed by atoms with van der Waals surface area (Å²) in [5.41, 5.74) is 0.368. The second kappa shape index (κ2) is 7.13. The summed E-state index contributed by atoms with van der Waals surface area (Å²) < 4.78 is 1.54. The van der Waals surface area contributed by atoms with E-state index in [1.807, 2.05) is 17.5 Å². The molecule has 0 fully saturated rings. The van der Waals surface area contributed by atoms with Crippen molar-refractivity contribution in [3.63, 3.8) is 0 Å². The van der Waals surface area contributed by atoms with Gasteiger partial charge in [-0.15, -0.1) is 16.4 Å². The van der Waals surface area contributed by atoms with E-state index < -0.39 is 12.0 Å². The molecule has 0 amide bonds. The number of thiophene rings is 1. The van der Waals surface area contributed by atoms with E-state index in [0.717, 1.165) is 4.88 Å². The monoisotopic (exact) mass is 296 g/mol. The number of aryl methyl sites for hydroxylation is 1. The van der Waals surface area contributed by atoms with Gasteiger partial charge in [0.1, 0.15) is 5.69 Å². The summed E-state index contributed by atoms with van der Waals surface area (Å²) in [6, 6.07) is 2.97. The summed E-state index contributed by atoms with van der Waals surface area (Å²) in [5.74, 6) is -0.990. The fourth-order valence-electron chi connectivity index (χ4n) is 1.72. The van der Waals surface area contributed by atoms with Crippen molar-refractivity contribution < 1.29 is 15.0 Å². The molecular weight excluding hydrogens is 280 g/mol. The van der Waals surface area contributed by atoms with Gasteiger partial charge in [0, 0.05) is 24.6 Å². The van der Waals surface area contributed by atoms with Gasteiger partial charge in [0.15, 0.2) is 6.04 Å². The third-order valence-electron chi connectivity index (χ3n) is 2.70. The Bertz CT molecular complexity index is 541. The standard InChI is InChI=1S/C12H16N4O3S/c17-5-2-4-16-8-10(14-15-16)11(12(18)19)13-7-9-3-1-6-20-9/h1,3,6,8,11,13,17H,2,4-5,7H2,(H,18,19). The minimum atomic E-state index is -0.990. The Morgan fingerprint density at radius 1 is 1.55 bits per heavy atom. The van der Waals surface area contributed by atoms with E-state index >= 15 is 0 Å². The number of aliphatic hydroxyl groups is 1. The minimum Gasteiger partial charge on any atom is -0.480 e. The molecule has 0 saturated carbocycles. The van der Waals surface area contributed by atoms with Crippen LogP contribution < -0.4 is 5.32 Å². The lowest BCUT2D eigenvalue weighted by Gasteiger charge is -2.10. The number of aromatic nitrogens is 3. The fourth-order valence-corrected chi connectivity index (χ4v) is 2.38. The molecular formula is C12H16N4O3S. The van der Waals surface area contributed by atoms with Gasteiger partial charge < -0.3 is 10.2 Å². The van der Waals surface area contributed by atoms with E-state index in [1.54, 1.807) is 17.5 Å². The van der Waals surface area contributed by atoms with Crippen LogP contribution >= 0.6 is 11.3 Å². The van der Waals surface area contributed by atoms with E-state index in [9.17, 15) is 9.90 Å². The zero-order valence-corrected chi connectivity index (χ0v) is 11.6. The minimum absolute atomic E-state index is 0.0637. The number of carbonyl (C=O) groups is 1. The van der Waals surface area contributed by atoms with Crippen molar-refractivity contribution in [2.24, 2.45) is 0 Å². The lowest BCUT2D eigenvalue weighted by molar-refractivity contribution is -0.139.